The van der Waals surface area contributed by atoms with Crippen molar-refractivity contribution in [2.45, 2.75) is 0 Å². The summed E-state index contributed by atoms with van der Waals surface area (Å²) in [5.41, 5.74) is 2.62. The van der Waals surface area contributed by atoms with E-state index in [1.165, 1.54) is 0 Å². The van der Waals surface area contributed by atoms with E-state index in [4.69, 9.17) is 9.47 Å². The molecule has 0 aliphatic heterocycles. The molecule has 0 aliphatic rings. The molecule has 0 saturated carbocycles. The summed E-state index contributed by atoms with van der Waals surface area (Å²) in [5.74, 6) is 0.959. The maximum absolute atomic E-state index is 12.4. The molecular weight excluding hydrogens is 296 g/mol. The number of nitrogens with zero attached hydrogens (tertiary/aromatic N) is 3. The molecular formula is C16H16N4O3. The first-order valence-electron chi connectivity index (χ1n) is 6.94. The highest BCUT2D eigenvalue weighted by Crippen LogP contribution is 2.26. The van der Waals surface area contributed by atoms with Crippen molar-refractivity contribution in [3.8, 4) is 11.5 Å². The van der Waals surface area contributed by atoms with Crippen molar-refractivity contribution in [3.63, 3.8) is 0 Å². The summed E-state index contributed by atoms with van der Waals surface area (Å²) in [6, 6.07) is 10.4. The van der Waals surface area contributed by atoms with Gasteiger partial charge >= 0.3 is 0 Å². The number of rotatable bonds is 4. The van der Waals surface area contributed by atoms with Gasteiger partial charge in [0.05, 0.1) is 19.7 Å². The van der Waals surface area contributed by atoms with Gasteiger partial charge in [-0.15, -0.1) is 5.10 Å². The molecule has 0 atom stereocenters. The van der Waals surface area contributed by atoms with Crippen molar-refractivity contribution in [3.05, 3.63) is 42.0 Å². The Labute approximate surface area is 132 Å². The highest BCUT2D eigenvalue weighted by molar-refractivity contribution is 6.06. The summed E-state index contributed by atoms with van der Waals surface area (Å²) in [7, 11) is 4.92. The highest BCUT2D eigenvalue weighted by atomic mass is 16.5. The minimum absolute atomic E-state index is 0.243. The number of ether oxygens (including phenoxy) is 2. The molecule has 3 aromatic rings. The van der Waals surface area contributed by atoms with E-state index in [1.54, 1.807) is 56.3 Å². The fraction of sp³-hybridized carbons (Fsp3) is 0.188. The number of aryl methyl sites for hydroxylation is 1. The Morgan fingerprint density at radius 2 is 1.78 bits per heavy atom. The lowest BCUT2D eigenvalue weighted by atomic mass is 10.1. The summed E-state index contributed by atoms with van der Waals surface area (Å²) in [4.78, 5) is 12.4. The normalized spacial score (nSPS) is 10.6. The van der Waals surface area contributed by atoms with Gasteiger partial charge in [0, 0.05) is 36.5 Å². The van der Waals surface area contributed by atoms with Gasteiger partial charge in [0.1, 0.15) is 17.0 Å². The van der Waals surface area contributed by atoms with Crippen LogP contribution in [-0.4, -0.2) is 35.1 Å². The summed E-state index contributed by atoms with van der Waals surface area (Å²) in [6.07, 6.45) is 0. The quantitative estimate of drug-likeness (QED) is 0.799. The molecule has 1 heterocycles. The summed E-state index contributed by atoms with van der Waals surface area (Å²) >= 11 is 0. The van der Waals surface area contributed by atoms with Gasteiger partial charge in [-0.3, -0.25) is 4.79 Å². The predicted molar refractivity (Wildman–Crippen MR) is 86.0 cm³/mol. The summed E-state index contributed by atoms with van der Waals surface area (Å²) in [5, 5.41) is 10.8. The molecule has 7 heteroatoms. The van der Waals surface area contributed by atoms with Gasteiger partial charge in [-0.1, -0.05) is 5.21 Å². The van der Waals surface area contributed by atoms with Gasteiger partial charge in [-0.25, -0.2) is 4.68 Å². The van der Waals surface area contributed by atoms with Crippen molar-refractivity contribution in [1.82, 2.24) is 15.0 Å². The minimum atomic E-state index is -0.243. The monoisotopic (exact) mass is 312 g/mol. The molecule has 2 aromatic carbocycles. The smallest absolute Gasteiger partial charge is 0.255 e. The fourth-order valence-electron chi connectivity index (χ4n) is 2.26. The molecule has 7 nitrogen and oxygen atoms in total. The lowest BCUT2D eigenvalue weighted by Gasteiger charge is -2.10. The zero-order valence-electron chi connectivity index (χ0n) is 13.0. The number of hydrogen-bond acceptors (Lipinski definition) is 5. The molecule has 0 unspecified atom stereocenters. The van der Waals surface area contributed by atoms with Gasteiger partial charge in [0.2, 0.25) is 0 Å². The van der Waals surface area contributed by atoms with Crippen LogP contribution in [0.5, 0.6) is 11.5 Å². The van der Waals surface area contributed by atoms with Crippen LogP contribution in [-0.2, 0) is 7.05 Å². The van der Waals surface area contributed by atoms with Crippen LogP contribution >= 0.6 is 0 Å². The van der Waals surface area contributed by atoms with Gasteiger partial charge in [-0.05, 0) is 18.2 Å². The maximum atomic E-state index is 12.4. The minimum Gasteiger partial charge on any atom is -0.497 e. The van der Waals surface area contributed by atoms with Crippen molar-refractivity contribution in [2.24, 2.45) is 7.05 Å². The third-order valence-corrected chi connectivity index (χ3v) is 3.48. The number of hydrogen-bond donors (Lipinski definition) is 1. The standard InChI is InChI=1S/C16H16N4O3/c1-20-15-5-4-10(6-14(15)18-19-20)16(21)17-11-7-12(22-2)9-13(8-11)23-3/h4-9H,1-3H3,(H,17,21). The number of anilines is 1. The zero-order chi connectivity index (χ0) is 16.4. The van der Waals surface area contributed by atoms with Crippen LogP contribution in [0, 0.1) is 0 Å². The molecule has 0 aliphatic carbocycles. The van der Waals surface area contributed by atoms with Crippen LogP contribution in [0.3, 0.4) is 0 Å². The molecule has 3 rings (SSSR count). The van der Waals surface area contributed by atoms with Crippen LogP contribution in [0.4, 0.5) is 5.69 Å². The first-order valence-corrected chi connectivity index (χ1v) is 6.94. The molecule has 23 heavy (non-hydrogen) atoms. The Bertz CT molecular complexity index is 851. The molecule has 1 amide bonds. The molecule has 0 bridgehead atoms. The maximum Gasteiger partial charge on any atom is 0.255 e. The molecule has 118 valence electrons. The first-order chi connectivity index (χ1) is 11.1. The van der Waals surface area contributed by atoms with Crippen molar-refractivity contribution in [1.29, 1.82) is 0 Å². The van der Waals surface area contributed by atoms with Crippen molar-refractivity contribution < 1.29 is 14.3 Å². The topological polar surface area (TPSA) is 78.3 Å². The molecule has 0 saturated heterocycles. The van der Waals surface area contributed by atoms with E-state index in [9.17, 15) is 4.79 Å². The first kappa shape index (κ1) is 14.8. The van der Waals surface area contributed by atoms with E-state index in [2.05, 4.69) is 15.6 Å². The van der Waals surface area contributed by atoms with E-state index < -0.39 is 0 Å². The highest BCUT2D eigenvalue weighted by Gasteiger charge is 2.11. The molecule has 0 radical (unpaired) electrons. The number of aromatic nitrogens is 3. The lowest BCUT2D eigenvalue weighted by Crippen LogP contribution is -2.12. The Morgan fingerprint density at radius 3 is 2.43 bits per heavy atom. The van der Waals surface area contributed by atoms with Gasteiger partial charge in [0.25, 0.3) is 5.91 Å². The SMILES string of the molecule is COc1cc(NC(=O)c2ccc3c(c2)nnn3C)cc(OC)c1. The van der Waals surface area contributed by atoms with E-state index >= 15 is 0 Å². The van der Waals surface area contributed by atoms with Gasteiger partial charge in [0.15, 0.2) is 0 Å². The van der Waals surface area contributed by atoms with E-state index in [1.807, 2.05) is 6.07 Å². The number of methoxy groups -OCH3 is 2. The van der Waals surface area contributed by atoms with Crippen LogP contribution in [0.1, 0.15) is 10.4 Å². The van der Waals surface area contributed by atoms with Crippen molar-refractivity contribution in [2.75, 3.05) is 19.5 Å². The molecule has 0 fully saturated rings. The number of nitrogens with one attached hydrogen (secondary N) is 1. The number of benzene rings is 2. The van der Waals surface area contributed by atoms with Gasteiger partial charge < -0.3 is 14.8 Å². The Hall–Kier alpha value is -3.09. The second-order valence-corrected chi connectivity index (χ2v) is 4.97. The average Bonchev–Trinajstić information content (AvgIpc) is 2.95. The number of carbonyl (C=O) groups is 1. The Balaban J connectivity index is 1.87. The van der Waals surface area contributed by atoms with Gasteiger partial charge in [-0.2, -0.15) is 0 Å². The summed E-state index contributed by atoms with van der Waals surface area (Å²) in [6.45, 7) is 0. The predicted octanol–water partition coefficient (Wildman–Crippen LogP) is 2.24. The summed E-state index contributed by atoms with van der Waals surface area (Å²) < 4.78 is 12.0. The number of amides is 1. The Morgan fingerprint density at radius 1 is 1.09 bits per heavy atom. The van der Waals surface area contributed by atoms with E-state index in [0.29, 0.717) is 28.3 Å². The lowest BCUT2D eigenvalue weighted by molar-refractivity contribution is 0.102. The van der Waals surface area contributed by atoms with Crippen LogP contribution in [0.15, 0.2) is 36.4 Å². The van der Waals surface area contributed by atoms with Crippen LogP contribution in [0.2, 0.25) is 0 Å². The third kappa shape index (κ3) is 2.94. The number of carbonyl (C=O) groups excluding carboxylic acids is 1. The fourth-order valence-corrected chi connectivity index (χ4v) is 2.26. The second-order valence-electron chi connectivity index (χ2n) is 4.97. The van der Waals surface area contributed by atoms with Crippen LogP contribution in [0.25, 0.3) is 11.0 Å². The average molecular weight is 312 g/mol. The third-order valence-electron chi connectivity index (χ3n) is 3.48. The van der Waals surface area contributed by atoms with Crippen molar-refractivity contribution >= 4 is 22.6 Å². The van der Waals surface area contributed by atoms with E-state index in [0.717, 1.165) is 5.52 Å². The largest absolute Gasteiger partial charge is 0.497 e. The molecule has 1 aromatic heterocycles. The molecule has 0 spiro atoms. The second kappa shape index (κ2) is 5.96. The number of fused-ring (bicyclic) bond motifs is 1. The van der Waals surface area contributed by atoms with Crippen LogP contribution < -0.4 is 14.8 Å². The Kier molecular flexibility index (Phi) is 3.84. The molecule has 1 N–H and O–H groups in total. The zero-order valence-corrected chi connectivity index (χ0v) is 13.0. The van der Waals surface area contributed by atoms with E-state index in [-0.39, 0.29) is 5.91 Å².